The van der Waals surface area contributed by atoms with E-state index in [1.807, 2.05) is 48.7 Å². The minimum Gasteiger partial charge on any atom is -0.493 e. The van der Waals surface area contributed by atoms with E-state index in [0.29, 0.717) is 35.7 Å². The van der Waals surface area contributed by atoms with Crippen molar-refractivity contribution in [2.24, 2.45) is 0 Å². The van der Waals surface area contributed by atoms with Crippen LogP contribution in [0.2, 0.25) is 0 Å². The topological polar surface area (TPSA) is 65.4 Å². The SMILES string of the molecule is COc1ccc(-c2cn(-c3ccccc3)nc2C(=O)NCCc2ccc(F)cc2)cc1OC. The van der Waals surface area contributed by atoms with E-state index in [1.54, 1.807) is 37.1 Å². The van der Waals surface area contributed by atoms with Crippen molar-refractivity contribution < 1.29 is 18.7 Å². The number of rotatable bonds is 8. The fourth-order valence-electron chi connectivity index (χ4n) is 3.52. The number of nitrogens with one attached hydrogen (secondary N) is 1. The molecule has 0 fully saturated rings. The van der Waals surface area contributed by atoms with Crippen molar-refractivity contribution in [1.29, 1.82) is 0 Å². The van der Waals surface area contributed by atoms with Crippen molar-refractivity contribution in [3.05, 3.63) is 96.1 Å². The van der Waals surface area contributed by atoms with Crippen molar-refractivity contribution >= 4 is 5.91 Å². The van der Waals surface area contributed by atoms with E-state index in [-0.39, 0.29) is 11.7 Å². The van der Waals surface area contributed by atoms with Gasteiger partial charge in [0.1, 0.15) is 5.82 Å². The molecule has 4 aromatic rings. The first kappa shape index (κ1) is 22.1. The molecule has 33 heavy (non-hydrogen) atoms. The molecule has 1 aromatic heterocycles. The number of ether oxygens (including phenoxy) is 2. The summed E-state index contributed by atoms with van der Waals surface area (Å²) >= 11 is 0. The van der Waals surface area contributed by atoms with Gasteiger partial charge < -0.3 is 14.8 Å². The maximum Gasteiger partial charge on any atom is 0.272 e. The lowest BCUT2D eigenvalue weighted by Crippen LogP contribution is -2.26. The van der Waals surface area contributed by atoms with E-state index in [1.165, 1.54) is 12.1 Å². The van der Waals surface area contributed by atoms with Gasteiger partial charge in [-0.1, -0.05) is 36.4 Å². The van der Waals surface area contributed by atoms with Crippen LogP contribution in [0.1, 0.15) is 16.1 Å². The molecule has 0 saturated heterocycles. The van der Waals surface area contributed by atoms with Crippen LogP contribution < -0.4 is 14.8 Å². The second-order valence-corrected chi connectivity index (χ2v) is 7.37. The maximum absolute atomic E-state index is 13.1. The molecule has 0 aliphatic heterocycles. The van der Waals surface area contributed by atoms with E-state index < -0.39 is 0 Å². The van der Waals surface area contributed by atoms with Crippen molar-refractivity contribution in [1.82, 2.24) is 15.1 Å². The number of hydrogen-bond donors (Lipinski definition) is 1. The summed E-state index contributed by atoms with van der Waals surface area (Å²) in [7, 11) is 3.14. The van der Waals surface area contributed by atoms with Gasteiger partial charge in [0.2, 0.25) is 0 Å². The number of carbonyl (C=O) groups is 1. The monoisotopic (exact) mass is 445 g/mol. The Kier molecular flexibility index (Phi) is 6.69. The number of hydrogen-bond acceptors (Lipinski definition) is 4. The van der Waals surface area contributed by atoms with Gasteiger partial charge in [0.15, 0.2) is 17.2 Å². The number of para-hydroxylation sites is 1. The average Bonchev–Trinajstić information content (AvgIpc) is 3.31. The smallest absolute Gasteiger partial charge is 0.272 e. The van der Waals surface area contributed by atoms with E-state index in [2.05, 4.69) is 10.4 Å². The molecule has 3 aromatic carbocycles. The van der Waals surface area contributed by atoms with Gasteiger partial charge in [-0.15, -0.1) is 0 Å². The highest BCUT2D eigenvalue weighted by Gasteiger charge is 2.20. The molecule has 0 saturated carbocycles. The second-order valence-electron chi connectivity index (χ2n) is 7.37. The molecule has 0 spiro atoms. The van der Waals surface area contributed by atoms with E-state index in [4.69, 9.17) is 9.47 Å². The third-order valence-electron chi connectivity index (χ3n) is 5.26. The molecular formula is C26H24FN3O3. The molecule has 168 valence electrons. The molecule has 1 heterocycles. The molecule has 0 aliphatic carbocycles. The first-order valence-corrected chi connectivity index (χ1v) is 10.5. The standard InChI is InChI=1S/C26H24FN3O3/c1-32-23-13-10-19(16-24(23)33-2)22-17-30(21-6-4-3-5-7-21)29-25(22)26(31)28-15-14-18-8-11-20(27)12-9-18/h3-13,16-17H,14-15H2,1-2H3,(H,28,31). The quantitative estimate of drug-likeness (QED) is 0.428. The molecule has 0 aliphatic rings. The highest BCUT2D eigenvalue weighted by atomic mass is 19.1. The normalized spacial score (nSPS) is 10.6. The van der Waals surface area contributed by atoms with Crippen LogP contribution in [0.3, 0.4) is 0 Å². The Morgan fingerprint density at radius 3 is 2.39 bits per heavy atom. The lowest BCUT2D eigenvalue weighted by molar-refractivity contribution is 0.0949. The zero-order valence-electron chi connectivity index (χ0n) is 18.4. The van der Waals surface area contributed by atoms with Crippen LogP contribution in [0.5, 0.6) is 11.5 Å². The summed E-state index contributed by atoms with van der Waals surface area (Å²) in [5.41, 5.74) is 3.51. The Balaban J connectivity index is 1.63. The number of aromatic nitrogens is 2. The van der Waals surface area contributed by atoms with Gasteiger partial charge in [0.05, 0.1) is 19.9 Å². The molecule has 0 bridgehead atoms. The van der Waals surface area contributed by atoms with Gasteiger partial charge in [-0.05, 0) is 53.9 Å². The highest BCUT2D eigenvalue weighted by molar-refractivity contribution is 5.99. The van der Waals surface area contributed by atoms with Crippen LogP contribution in [0.25, 0.3) is 16.8 Å². The Bertz CT molecular complexity index is 1240. The fraction of sp³-hybridized carbons (Fsp3) is 0.154. The first-order valence-electron chi connectivity index (χ1n) is 10.5. The number of nitrogens with zero attached hydrogens (tertiary/aromatic N) is 2. The fourth-order valence-corrected chi connectivity index (χ4v) is 3.52. The summed E-state index contributed by atoms with van der Waals surface area (Å²) in [6.07, 6.45) is 2.41. The van der Waals surface area contributed by atoms with E-state index in [0.717, 1.165) is 16.8 Å². The summed E-state index contributed by atoms with van der Waals surface area (Å²) in [6, 6.07) is 21.3. The Hall–Kier alpha value is -4.13. The number of methoxy groups -OCH3 is 2. The predicted octanol–water partition coefficient (Wildman–Crippen LogP) is 4.67. The Labute approximate surface area is 191 Å². The lowest BCUT2D eigenvalue weighted by Gasteiger charge is -2.10. The zero-order valence-corrected chi connectivity index (χ0v) is 18.4. The summed E-state index contributed by atoms with van der Waals surface area (Å²) in [5.74, 6) is 0.581. The van der Waals surface area contributed by atoms with Gasteiger partial charge in [-0.2, -0.15) is 5.10 Å². The van der Waals surface area contributed by atoms with E-state index in [9.17, 15) is 9.18 Å². The van der Waals surface area contributed by atoms with Crippen LogP contribution in [0.4, 0.5) is 4.39 Å². The maximum atomic E-state index is 13.1. The summed E-state index contributed by atoms with van der Waals surface area (Å²) in [6.45, 7) is 0.397. The molecule has 1 N–H and O–H groups in total. The highest BCUT2D eigenvalue weighted by Crippen LogP contribution is 2.34. The first-order chi connectivity index (χ1) is 16.1. The van der Waals surface area contributed by atoms with Crippen LogP contribution >= 0.6 is 0 Å². The minimum atomic E-state index is -0.295. The Morgan fingerprint density at radius 1 is 0.970 bits per heavy atom. The molecule has 6 nitrogen and oxygen atoms in total. The predicted molar refractivity (Wildman–Crippen MR) is 125 cm³/mol. The molecule has 0 atom stereocenters. The number of amides is 1. The molecule has 7 heteroatoms. The molecule has 1 amide bonds. The average molecular weight is 445 g/mol. The van der Waals surface area contributed by atoms with Crippen molar-refractivity contribution in [2.75, 3.05) is 20.8 Å². The van der Waals surface area contributed by atoms with Gasteiger partial charge in [-0.25, -0.2) is 9.07 Å². The molecular weight excluding hydrogens is 421 g/mol. The number of carbonyl (C=O) groups excluding carboxylic acids is 1. The van der Waals surface area contributed by atoms with Crippen molar-refractivity contribution in [2.45, 2.75) is 6.42 Å². The lowest BCUT2D eigenvalue weighted by atomic mass is 10.1. The number of halogens is 1. The van der Waals surface area contributed by atoms with Gasteiger partial charge in [-0.3, -0.25) is 4.79 Å². The summed E-state index contributed by atoms with van der Waals surface area (Å²) in [5, 5.41) is 7.50. The Morgan fingerprint density at radius 2 is 1.70 bits per heavy atom. The molecule has 4 rings (SSSR count). The summed E-state index contributed by atoms with van der Waals surface area (Å²) < 4.78 is 25.6. The minimum absolute atomic E-state index is 0.284. The van der Waals surface area contributed by atoms with Gasteiger partial charge in [0, 0.05) is 18.3 Å². The van der Waals surface area contributed by atoms with Crippen molar-refractivity contribution in [3.8, 4) is 28.3 Å². The van der Waals surface area contributed by atoms with Gasteiger partial charge >= 0.3 is 0 Å². The third kappa shape index (κ3) is 5.03. The van der Waals surface area contributed by atoms with Crippen LogP contribution in [-0.2, 0) is 6.42 Å². The van der Waals surface area contributed by atoms with Gasteiger partial charge in [0.25, 0.3) is 5.91 Å². The zero-order chi connectivity index (χ0) is 23.2. The molecule has 0 radical (unpaired) electrons. The largest absolute Gasteiger partial charge is 0.493 e. The number of benzene rings is 3. The summed E-state index contributed by atoms with van der Waals surface area (Å²) in [4.78, 5) is 13.1. The van der Waals surface area contributed by atoms with Crippen molar-refractivity contribution in [3.63, 3.8) is 0 Å². The molecule has 0 unspecified atom stereocenters. The van der Waals surface area contributed by atoms with Crippen LogP contribution in [-0.4, -0.2) is 36.5 Å². The van der Waals surface area contributed by atoms with Crippen LogP contribution in [0, 0.1) is 5.82 Å². The van der Waals surface area contributed by atoms with Crippen LogP contribution in [0.15, 0.2) is 79.0 Å². The third-order valence-corrected chi connectivity index (χ3v) is 5.26. The second kappa shape index (κ2) is 9.99. The van der Waals surface area contributed by atoms with E-state index >= 15 is 0 Å².